The SMILES string of the molecule is CNC(CC(=O)O)C(=O)CN1Cc2ccccc2C1. The quantitative estimate of drug-likeness (QED) is 0.787. The van der Waals surface area contributed by atoms with E-state index >= 15 is 0 Å². The second kappa shape index (κ2) is 5.95. The van der Waals surface area contributed by atoms with Gasteiger partial charge in [0.25, 0.3) is 0 Å². The highest BCUT2D eigenvalue weighted by Gasteiger charge is 2.25. The Hall–Kier alpha value is -1.72. The Morgan fingerprint density at radius 1 is 1.32 bits per heavy atom. The molecule has 1 unspecified atom stereocenters. The van der Waals surface area contributed by atoms with E-state index in [9.17, 15) is 9.59 Å². The first-order valence-corrected chi connectivity index (χ1v) is 6.31. The van der Waals surface area contributed by atoms with E-state index in [2.05, 4.69) is 17.4 Å². The molecule has 0 saturated heterocycles. The molecule has 0 radical (unpaired) electrons. The molecule has 1 heterocycles. The van der Waals surface area contributed by atoms with Gasteiger partial charge in [0.05, 0.1) is 19.0 Å². The summed E-state index contributed by atoms with van der Waals surface area (Å²) in [5, 5.41) is 11.5. The summed E-state index contributed by atoms with van der Waals surface area (Å²) in [6, 6.07) is 7.50. The molecule has 0 aromatic heterocycles. The fourth-order valence-electron chi connectivity index (χ4n) is 2.40. The van der Waals surface area contributed by atoms with Crippen LogP contribution in [0.4, 0.5) is 0 Å². The minimum Gasteiger partial charge on any atom is -0.481 e. The largest absolute Gasteiger partial charge is 0.481 e. The van der Waals surface area contributed by atoms with Gasteiger partial charge in [0, 0.05) is 13.1 Å². The van der Waals surface area contributed by atoms with Crippen molar-refractivity contribution in [3.05, 3.63) is 35.4 Å². The lowest BCUT2D eigenvalue weighted by atomic mass is 10.1. The second-order valence-electron chi connectivity index (χ2n) is 4.82. The van der Waals surface area contributed by atoms with Gasteiger partial charge in [-0.15, -0.1) is 0 Å². The van der Waals surface area contributed by atoms with Crippen molar-refractivity contribution in [3.63, 3.8) is 0 Å². The minimum absolute atomic E-state index is 0.0716. The monoisotopic (exact) mass is 262 g/mol. The summed E-state index contributed by atoms with van der Waals surface area (Å²) in [5.74, 6) is -1.03. The number of ketones is 1. The fraction of sp³-hybridized carbons (Fsp3) is 0.429. The van der Waals surface area contributed by atoms with Crippen molar-refractivity contribution in [2.45, 2.75) is 25.6 Å². The average molecular weight is 262 g/mol. The average Bonchev–Trinajstić information content (AvgIpc) is 2.77. The number of hydrogen-bond acceptors (Lipinski definition) is 4. The Labute approximate surface area is 112 Å². The highest BCUT2D eigenvalue weighted by atomic mass is 16.4. The van der Waals surface area contributed by atoms with Gasteiger partial charge in [0.1, 0.15) is 0 Å². The zero-order chi connectivity index (χ0) is 13.8. The Balaban J connectivity index is 1.92. The second-order valence-corrected chi connectivity index (χ2v) is 4.82. The van der Waals surface area contributed by atoms with Crippen LogP contribution in [0.3, 0.4) is 0 Å². The van der Waals surface area contributed by atoms with Gasteiger partial charge in [0.2, 0.25) is 0 Å². The van der Waals surface area contributed by atoms with Gasteiger partial charge in [-0.1, -0.05) is 24.3 Å². The highest BCUT2D eigenvalue weighted by Crippen LogP contribution is 2.21. The molecule has 1 atom stereocenters. The number of benzene rings is 1. The van der Waals surface area contributed by atoms with Crippen LogP contribution in [0.2, 0.25) is 0 Å². The molecule has 1 aromatic rings. The van der Waals surface area contributed by atoms with Crippen LogP contribution in [-0.4, -0.2) is 41.4 Å². The molecule has 0 aliphatic carbocycles. The molecule has 5 nitrogen and oxygen atoms in total. The van der Waals surface area contributed by atoms with Crippen molar-refractivity contribution < 1.29 is 14.7 Å². The van der Waals surface area contributed by atoms with E-state index in [1.54, 1.807) is 7.05 Å². The van der Waals surface area contributed by atoms with Gasteiger partial charge in [-0.25, -0.2) is 0 Å². The number of fused-ring (bicyclic) bond motifs is 1. The molecule has 1 aliphatic heterocycles. The number of likely N-dealkylation sites (N-methyl/N-ethyl adjacent to an activating group) is 1. The van der Waals surface area contributed by atoms with Crippen LogP contribution >= 0.6 is 0 Å². The number of carbonyl (C=O) groups excluding carboxylic acids is 1. The smallest absolute Gasteiger partial charge is 0.305 e. The van der Waals surface area contributed by atoms with Crippen LogP contribution in [0.25, 0.3) is 0 Å². The zero-order valence-corrected chi connectivity index (χ0v) is 10.9. The molecular weight excluding hydrogens is 244 g/mol. The molecule has 0 fully saturated rings. The van der Waals surface area contributed by atoms with Crippen molar-refractivity contribution >= 4 is 11.8 Å². The molecule has 2 N–H and O–H groups in total. The Bertz CT molecular complexity index is 462. The van der Waals surface area contributed by atoms with E-state index in [-0.39, 0.29) is 18.7 Å². The van der Waals surface area contributed by atoms with Crippen molar-refractivity contribution in [2.75, 3.05) is 13.6 Å². The summed E-state index contributed by atoms with van der Waals surface area (Å²) in [6.07, 6.45) is -0.171. The van der Waals surface area contributed by atoms with Crippen molar-refractivity contribution in [1.29, 1.82) is 0 Å². The first-order chi connectivity index (χ1) is 9.10. The van der Waals surface area contributed by atoms with Crippen LogP contribution in [0.5, 0.6) is 0 Å². The normalized spacial score (nSPS) is 16.1. The van der Waals surface area contributed by atoms with Crippen LogP contribution in [0.1, 0.15) is 17.5 Å². The van der Waals surface area contributed by atoms with Gasteiger partial charge >= 0.3 is 5.97 Å². The number of nitrogens with one attached hydrogen (secondary N) is 1. The van der Waals surface area contributed by atoms with Crippen LogP contribution < -0.4 is 5.32 Å². The Kier molecular flexibility index (Phi) is 4.29. The molecule has 0 amide bonds. The lowest BCUT2D eigenvalue weighted by Crippen LogP contribution is -2.41. The fourth-order valence-corrected chi connectivity index (χ4v) is 2.40. The summed E-state index contributed by atoms with van der Waals surface area (Å²) in [6.45, 7) is 1.80. The van der Waals surface area contributed by atoms with Gasteiger partial charge in [-0.3, -0.25) is 14.5 Å². The molecule has 0 spiro atoms. The molecule has 0 bridgehead atoms. The molecule has 19 heavy (non-hydrogen) atoms. The number of aliphatic carboxylic acids is 1. The van der Waals surface area contributed by atoms with E-state index in [1.807, 2.05) is 17.0 Å². The maximum Gasteiger partial charge on any atom is 0.305 e. The zero-order valence-electron chi connectivity index (χ0n) is 10.9. The molecule has 102 valence electrons. The first-order valence-electron chi connectivity index (χ1n) is 6.31. The maximum absolute atomic E-state index is 12.0. The van der Waals surface area contributed by atoms with E-state index in [0.717, 1.165) is 13.1 Å². The topological polar surface area (TPSA) is 69.6 Å². The number of Topliss-reactive ketones (excluding diaryl/α,β-unsaturated/α-hetero) is 1. The number of nitrogens with zero attached hydrogens (tertiary/aromatic N) is 1. The van der Waals surface area contributed by atoms with Gasteiger partial charge in [0.15, 0.2) is 5.78 Å². The van der Waals surface area contributed by atoms with Crippen LogP contribution in [0.15, 0.2) is 24.3 Å². The van der Waals surface area contributed by atoms with Gasteiger partial charge in [-0.2, -0.15) is 0 Å². The number of hydrogen-bond donors (Lipinski definition) is 2. The molecule has 5 heteroatoms. The number of carboxylic acids is 1. The summed E-state index contributed by atoms with van der Waals surface area (Å²) in [7, 11) is 1.62. The van der Waals surface area contributed by atoms with Gasteiger partial charge < -0.3 is 10.4 Å². The standard InChI is InChI=1S/C14H18N2O3/c1-15-12(6-14(18)19)13(17)9-16-7-10-4-2-3-5-11(10)8-16/h2-5,12,15H,6-9H2,1H3,(H,18,19). The molecular formula is C14H18N2O3. The predicted molar refractivity (Wildman–Crippen MR) is 70.7 cm³/mol. The molecule has 2 rings (SSSR count). The molecule has 1 aromatic carbocycles. The summed E-state index contributed by atoms with van der Waals surface area (Å²) in [4.78, 5) is 24.8. The minimum atomic E-state index is -0.961. The van der Waals surface area contributed by atoms with Crippen LogP contribution in [0, 0.1) is 0 Å². The highest BCUT2D eigenvalue weighted by molar-refractivity contribution is 5.89. The number of carboxylic acid groups (broad SMARTS) is 1. The Morgan fingerprint density at radius 3 is 2.37 bits per heavy atom. The van der Waals surface area contributed by atoms with E-state index in [1.165, 1.54) is 11.1 Å². The third kappa shape index (κ3) is 3.39. The number of carbonyl (C=O) groups is 2. The third-order valence-electron chi connectivity index (χ3n) is 3.40. The van der Waals surface area contributed by atoms with Crippen LogP contribution in [-0.2, 0) is 22.7 Å². The molecule has 0 saturated carbocycles. The lowest BCUT2D eigenvalue weighted by molar-refractivity contribution is -0.139. The van der Waals surface area contributed by atoms with Crippen molar-refractivity contribution in [2.24, 2.45) is 0 Å². The predicted octanol–water partition coefficient (Wildman–Crippen LogP) is 0.634. The maximum atomic E-state index is 12.0. The van der Waals surface area contributed by atoms with E-state index < -0.39 is 12.0 Å². The van der Waals surface area contributed by atoms with E-state index in [4.69, 9.17) is 5.11 Å². The van der Waals surface area contributed by atoms with Gasteiger partial charge in [-0.05, 0) is 18.2 Å². The third-order valence-corrected chi connectivity index (χ3v) is 3.40. The summed E-state index contributed by atoms with van der Waals surface area (Å²) in [5.41, 5.74) is 2.49. The first kappa shape index (κ1) is 13.7. The number of rotatable bonds is 6. The summed E-state index contributed by atoms with van der Waals surface area (Å²) < 4.78 is 0. The molecule has 1 aliphatic rings. The lowest BCUT2D eigenvalue weighted by Gasteiger charge is -2.18. The van der Waals surface area contributed by atoms with E-state index in [0.29, 0.717) is 0 Å². The van der Waals surface area contributed by atoms with Crippen molar-refractivity contribution in [3.8, 4) is 0 Å². The Morgan fingerprint density at radius 2 is 1.89 bits per heavy atom. The summed E-state index contributed by atoms with van der Waals surface area (Å²) >= 11 is 0. The van der Waals surface area contributed by atoms with Crippen molar-refractivity contribution in [1.82, 2.24) is 10.2 Å².